The number of fused-ring (bicyclic) bond motifs is 1. The van der Waals surface area contributed by atoms with Crippen LogP contribution in [0.1, 0.15) is 48.9 Å². The molecular formula is C27H32N2O4. The quantitative estimate of drug-likeness (QED) is 0.436. The lowest BCUT2D eigenvalue weighted by Gasteiger charge is -2.23. The number of benzene rings is 1. The highest BCUT2D eigenvalue weighted by Gasteiger charge is 2.25. The molecule has 1 fully saturated rings. The van der Waals surface area contributed by atoms with Crippen LogP contribution in [0.4, 0.5) is 10.5 Å². The lowest BCUT2D eigenvalue weighted by atomic mass is 9.85. The Morgan fingerprint density at radius 3 is 2.55 bits per heavy atom. The maximum atomic E-state index is 13.1. The summed E-state index contributed by atoms with van der Waals surface area (Å²) >= 11 is 0. The number of pyridine rings is 1. The molecule has 6 nitrogen and oxygen atoms in total. The Kier molecular flexibility index (Phi) is 7.33. The first-order valence-corrected chi connectivity index (χ1v) is 11.7. The summed E-state index contributed by atoms with van der Waals surface area (Å²) in [6.45, 7) is 2.03. The zero-order chi connectivity index (χ0) is 23.2. The Balaban J connectivity index is 1.63. The number of anilines is 1. The van der Waals surface area contributed by atoms with E-state index in [1.54, 1.807) is 0 Å². The van der Waals surface area contributed by atoms with Crippen molar-refractivity contribution in [2.75, 3.05) is 18.6 Å². The maximum absolute atomic E-state index is 13.1. The van der Waals surface area contributed by atoms with E-state index in [1.807, 2.05) is 48.7 Å². The van der Waals surface area contributed by atoms with Crippen LogP contribution >= 0.6 is 0 Å². The van der Waals surface area contributed by atoms with Gasteiger partial charge in [0, 0.05) is 11.9 Å². The average molecular weight is 449 g/mol. The first-order valence-electron chi connectivity index (χ1n) is 11.7. The van der Waals surface area contributed by atoms with Crippen molar-refractivity contribution in [3.63, 3.8) is 0 Å². The summed E-state index contributed by atoms with van der Waals surface area (Å²) in [7, 11) is 1.32. The van der Waals surface area contributed by atoms with Gasteiger partial charge in [0.15, 0.2) is 0 Å². The molecule has 1 aliphatic rings. The van der Waals surface area contributed by atoms with Crippen LogP contribution in [0.3, 0.4) is 0 Å². The summed E-state index contributed by atoms with van der Waals surface area (Å²) < 4.78 is 12.6. The first kappa shape index (κ1) is 22.9. The standard InChI is InChI=1S/C27H32N2O4/c1-20-16-25-23(14-9-15-28(25)24(20)17-21-10-5-3-6-11-21)29(18-26(30)32-2)27(31)33-19-22-12-7-4-8-13-22/h4,7-9,12-16,21H,3,5-6,10-11,17-19H2,1-2H3. The second-order valence-electron chi connectivity index (χ2n) is 8.83. The number of methoxy groups -OCH3 is 1. The number of ether oxygens (including phenoxy) is 2. The van der Waals surface area contributed by atoms with Crippen LogP contribution in [0.25, 0.3) is 5.52 Å². The van der Waals surface area contributed by atoms with Gasteiger partial charge >= 0.3 is 12.1 Å². The summed E-state index contributed by atoms with van der Waals surface area (Å²) in [5.74, 6) is 0.195. The monoisotopic (exact) mass is 448 g/mol. The maximum Gasteiger partial charge on any atom is 0.415 e. The number of nitrogens with zero attached hydrogens (tertiary/aromatic N) is 2. The molecule has 6 heteroatoms. The second kappa shape index (κ2) is 10.6. The van der Waals surface area contributed by atoms with Crippen LogP contribution < -0.4 is 4.90 Å². The third kappa shape index (κ3) is 5.38. The number of esters is 1. The van der Waals surface area contributed by atoms with Crippen molar-refractivity contribution in [3.8, 4) is 0 Å². The van der Waals surface area contributed by atoms with Crippen LogP contribution in [0, 0.1) is 12.8 Å². The first-order chi connectivity index (χ1) is 16.1. The Morgan fingerprint density at radius 1 is 1.06 bits per heavy atom. The molecule has 33 heavy (non-hydrogen) atoms. The minimum atomic E-state index is -0.579. The molecule has 0 aliphatic heterocycles. The molecule has 1 amide bonds. The molecule has 2 aromatic heterocycles. The van der Waals surface area contributed by atoms with Gasteiger partial charge in [-0.25, -0.2) is 4.79 Å². The second-order valence-corrected chi connectivity index (χ2v) is 8.83. The summed E-state index contributed by atoms with van der Waals surface area (Å²) in [6.07, 6.45) is 8.97. The van der Waals surface area contributed by atoms with Gasteiger partial charge in [-0.05, 0) is 48.6 Å². The van der Waals surface area contributed by atoms with Crippen LogP contribution in [-0.4, -0.2) is 30.1 Å². The van der Waals surface area contributed by atoms with Gasteiger partial charge in [-0.2, -0.15) is 0 Å². The highest BCUT2D eigenvalue weighted by Crippen LogP contribution is 2.32. The van der Waals surface area contributed by atoms with Crippen LogP contribution in [-0.2, 0) is 27.3 Å². The average Bonchev–Trinajstić information content (AvgIpc) is 3.17. The third-order valence-electron chi connectivity index (χ3n) is 6.55. The summed E-state index contributed by atoms with van der Waals surface area (Å²) in [4.78, 5) is 26.6. The highest BCUT2D eigenvalue weighted by atomic mass is 16.6. The minimum absolute atomic E-state index is 0.132. The molecule has 4 rings (SSSR count). The van der Waals surface area contributed by atoms with E-state index in [2.05, 4.69) is 17.4 Å². The van der Waals surface area contributed by atoms with Gasteiger partial charge in [0.05, 0.1) is 18.3 Å². The van der Waals surface area contributed by atoms with Crippen LogP contribution in [0.15, 0.2) is 54.7 Å². The number of amides is 1. The molecule has 1 saturated carbocycles. The number of aromatic nitrogens is 1. The van der Waals surface area contributed by atoms with Crippen molar-refractivity contribution >= 4 is 23.3 Å². The third-order valence-corrected chi connectivity index (χ3v) is 6.55. The molecule has 0 atom stereocenters. The van der Waals surface area contributed by atoms with Gasteiger partial charge < -0.3 is 13.9 Å². The molecule has 0 spiro atoms. The van der Waals surface area contributed by atoms with E-state index in [0.717, 1.165) is 17.5 Å². The topological polar surface area (TPSA) is 60.2 Å². The fourth-order valence-corrected chi connectivity index (χ4v) is 4.76. The van der Waals surface area contributed by atoms with E-state index in [9.17, 15) is 9.59 Å². The molecular weight excluding hydrogens is 416 g/mol. The van der Waals surface area contributed by atoms with Crippen LogP contribution in [0.2, 0.25) is 0 Å². The normalized spacial score (nSPS) is 14.2. The largest absolute Gasteiger partial charge is 0.468 e. The van der Waals surface area contributed by atoms with E-state index in [4.69, 9.17) is 9.47 Å². The lowest BCUT2D eigenvalue weighted by molar-refractivity contribution is -0.138. The predicted molar refractivity (Wildman–Crippen MR) is 128 cm³/mol. The Bertz CT molecular complexity index is 1100. The number of rotatable bonds is 7. The highest BCUT2D eigenvalue weighted by molar-refractivity contribution is 5.97. The van der Waals surface area contributed by atoms with Gasteiger partial charge in [-0.3, -0.25) is 9.69 Å². The van der Waals surface area contributed by atoms with E-state index < -0.39 is 12.1 Å². The number of aryl methyl sites for hydroxylation is 1. The van der Waals surface area contributed by atoms with Crippen molar-refractivity contribution in [3.05, 3.63) is 71.5 Å². The Morgan fingerprint density at radius 2 is 1.82 bits per heavy atom. The van der Waals surface area contributed by atoms with Gasteiger partial charge in [-0.1, -0.05) is 62.4 Å². The predicted octanol–water partition coefficient (Wildman–Crippen LogP) is 5.69. The number of hydrogen-bond donors (Lipinski definition) is 0. The van der Waals surface area contributed by atoms with Crippen LogP contribution in [0.5, 0.6) is 0 Å². The SMILES string of the molecule is COC(=O)CN(C(=O)OCc1ccccc1)c1cccn2c(CC3CCCCC3)c(C)cc12. The Hall–Kier alpha value is -3.28. The van der Waals surface area contributed by atoms with Crippen molar-refractivity contribution in [2.24, 2.45) is 5.92 Å². The molecule has 0 N–H and O–H groups in total. The van der Waals surface area contributed by atoms with Gasteiger partial charge in [0.25, 0.3) is 0 Å². The van der Waals surface area contributed by atoms with Crippen molar-refractivity contribution in [2.45, 2.75) is 52.1 Å². The minimum Gasteiger partial charge on any atom is -0.468 e. The number of hydrogen-bond acceptors (Lipinski definition) is 4. The molecule has 0 radical (unpaired) electrons. The molecule has 0 saturated heterocycles. The van der Waals surface area contributed by atoms with E-state index in [1.165, 1.54) is 55.4 Å². The molecule has 1 aromatic carbocycles. The summed E-state index contributed by atoms with van der Waals surface area (Å²) in [5.41, 5.74) is 4.88. The molecule has 1 aliphatic carbocycles. The molecule has 174 valence electrons. The Labute approximate surface area is 195 Å². The smallest absolute Gasteiger partial charge is 0.415 e. The fourth-order valence-electron chi connectivity index (χ4n) is 4.76. The number of carbonyl (C=O) groups excluding carboxylic acids is 2. The van der Waals surface area contributed by atoms with Gasteiger partial charge in [0.1, 0.15) is 13.2 Å². The number of carbonyl (C=O) groups is 2. The summed E-state index contributed by atoms with van der Waals surface area (Å²) in [5, 5.41) is 0. The van der Waals surface area contributed by atoms with E-state index in [-0.39, 0.29) is 13.2 Å². The van der Waals surface area contributed by atoms with Gasteiger partial charge in [-0.15, -0.1) is 0 Å². The zero-order valence-corrected chi connectivity index (χ0v) is 19.5. The van der Waals surface area contributed by atoms with Crippen molar-refractivity contribution in [1.82, 2.24) is 4.40 Å². The van der Waals surface area contributed by atoms with E-state index in [0.29, 0.717) is 11.6 Å². The summed E-state index contributed by atoms with van der Waals surface area (Å²) in [6, 6.07) is 15.4. The zero-order valence-electron chi connectivity index (χ0n) is 19.5. The molecule has 0 unspecified atom stereocenters. The van der Waals surface area contributed by atoms with Crippen molar-refractivity contribution < 1.29 is 19.1 Å². The molecule has 0 bridgehead atoms. The fraction of sp³-hybridized carbons (Fsp3) is 0.407. The van der Waals surface area contributed by atoms with Crippen molar-refractivity contribution in [1.29, 1.82) is 0 Å². The van der Waals surface area contributed by atoms with E-state index >= 15 is 0 Å². The van der Waals surface area contributed by atoms with Gasteiger partial charge in [0.2, 0.25) is 0 Å². The molecule has 2 heterocycles. The lowest BCUT2D eigenvalue weighted by Crippen LogP contribution is -2.37. The molecule has 3 aromatic rings.